The van der Waals surface area contributed by atoms with Crippen LogP contribution in [0.1, 0.15) is 11.1 Å². The van der Waals surface area contributed by atoms with E-state index in [1.165, 1.54) is 0 Å². The van der Waals surface area contributed by atoms with E-state index in [0.29, 0.717) is 0 Å². The molecule has 0 aliphatic heterocycles. The van der Waals surface area contributed by atoms with E-state index in [9.17, 15) is 18.0 Å². The summed E-state index contributed by atoms with van der Waals surface area (Å²) in [6.45, 7) is 0. The fourth-order valence-corrected chi connectivity index (χ4v) is 1.48. The largest absolute Gasteiger partial charge is 0.573 e. The Morgan fingerprint density at radius 3 is 2.56 bits per heavy atom. The Balaban J connectivity index is 3.25. The zero-order valence-corrected chi connectivity index (χ0v) is 9.55. The normalized spacial score (nSPS) is 10.8. The van der Waals surface area contributed by atoms with Gasteiger partial charge in [0.1, 0.15) is 5.75 Å². The van der Waals surface area contributed by atoms with Crippen molar-refractivity contribution < 1.29 is 27.8 Å². The number of halogens is 3. The van der Waals surface area contributed by atoms with Crippen molar-refractivity contribution in [1.82, 2.24) is 0 Å². The van der Waals surface area contributed by atoms with Gasteiger partial charge in [-0.05, 0) is 17.7 Å². The lowest BCUT2D eigenvalue weighted by Crippen LogP contribution is -2.18. The Hall–Kier alpha value is -1.88. The Morgan fingerprint density at radius 1 is 1.50 bits per heavy atom. The van der Waals surface area contributed by atoms with Crippen LogP contribution in [0.5, 0.6) is 5.75 Å². The fourth-order valence-electron chi connectivity index (χ4n) is 1.23. The highest BCUT2D eigenvalue weighted by molar-refractivity contribution is 7.80. The zero-order valence-electron chi connectivity index (χ0n) is 8.65. The first-order valence-corrected chi connectivity index (χ1v) is 4.91. The van der Waals surface area contributed by atoms with Crippen LogP contribution in [-0.4, -0.2) is 17.4 Å². The molecular formula is C10H6F3NO3S. The topological polar surface area (TPSA) is 70.3 Å². The summed E-state index contributed by atoms with van der Waals surface area (Å²) in [5, 5.41) is 17.2. The number of nitrogens with zero attached hydrogens (tertiary/aromatic N) is 1. The first-order chi connectivity index (χ1) is 8.23. The van der Waals surface area contributed by atoms with Crippen molar-refractivity contribution in [3.63, 3.8) is 0 Å². The standard InChI is InChI=1S/C10H6F3NO3S/c11-10(12,13)17-7-2-5(4-14)1-6(9(7)18)3-8(15)16/h1-2,18H,3H2,(H,15,16). The molecule has 0 amide bonds. The van der Waals surface area contributed by atoms with Crippen LogP contribution < -0.4 is 4.74 Å². The van der Waals surface area contributed by atoms with E-state index in [0.717, 1.165) is 12.1 Å². The number of carboxylic acid groups (broad SMARTS) is 1. The molecule has 1 aromatic carbocycles. The van der Waals surface area contributed by atoms with E-state index in [2.05, 4.69) is 17.4 Å². The lowest BCUT2D eigenvalue weighted by atomic mass is 10.1. The highest BCUT2D eigenvalue weighted by Crippen LogP contribution is 2.32. The SMILES string of the molecule is N#Cc1cc(CC(=O)O)c(S)c(OC(F)(F)F)c1. The molecular weight excluding hydrogens is 271 g/mol. The van der Waals surface area contributed by atoms with Crippen LogP contribution in [0.4, 0.5) is 13.2 Å². The molecule has 8 heteroatoms. The molecule has 0 spiro atoms. The predicted octanol–water partition coefficient (Wildman–Crippen LogP) is 2.37. The second-order valence-electron chi connectivity index (χ2n) is 3.21. The molecule has 4 nitrogen and oxygen atoms in total. The van der Waals surface area contributed by atoms with Gasteiger partial charge < -0.3 is 9.84 Å². The van der Waals surface area contributed by atoms with Gasteiger partial charge in [0.2, 0.25) is 0 Å². The first kappa shape index (κ1) is 14.2. The van der Waals surface area contributed by atoms with Crippen LogP contribution in [0, 0.1) is 11.3 Å². The molecule has 1 aromatic rings. The van der Waals surface area contributed by atoms with Crippen molar-refractivity contribution in [3.8, 4) is 11.8 Å². The fraction of sp³-hybridized carbons (Fsp3) is 0.200. The smallest absolute Gasteiger partial charge is 0.481 e. The van der Waals surface area contributed by atoms with Crippen molar-refractivity contribution >= 4 is 18.6 Å². The van der Waals surface area contributed by atoms with Crippen molar-refractivity contribution in [3.05, 3.63) is 23.3 Å². The van der Waals surface area contributed by atoms with Crippen molar-refractivity contribution in [1.29, 1.82) is 5.26 Å². The van der Waals surface area contributed by atoms with E-state index >= 15 is 0 Å². The summed E-state index contributed by atoms with van der Waals surface area (Å²) in [5.74, 6) is -1.94. The maximum absolute atomic E-state index is 12.1. The summed E-state index contributed by atoms with van der Waals surface area (Å²) in [7, 11) is 0. The summed E-state index contributed by atoms with van der Waals surface area (Å²) in [4.78, 5) is 10.3. The molecule has 0 aliphatic rings. The zero-order chi connectivity index (χ0) is 13.9. The van der Waals surface area contributed by atoms with Gasteiger partial charge in [-0.15, -0.1) is 25.8 Å². The molecule has 0 fully saturated rings. The highest BCUT2D eigenvalue weighted by Gasteiger charge is 2.32. The van der Waals surface area contributed by atoms with Crippen molar-refractivity contribution in [2.75, 3.05) is 0 Å². The Labute approximate surface area is 105 Å². The minimum Gasteiger partial charge on any atom is -0.481 e. The summed E-state index contributed by atoms with van der Waals surface area (Å²) < 4.78 is 40.0. The van der Waals surface area contributed by atoms with E-state index in [1.807, 2.05) is 0 Å². The molecule has 0 aliphatic carbocycles. The third kappa shape index (κ3) is 3.85. The van der Waals surface area contributed by atoms with Crippen molar-refractivity contribution in [2.24, 2.45) is 0 Å². The summed E-state index contributed by atoms with van der Waals surface area (Å²) in [5.41, 5.74) is -0.160. The Bertz CT molecular complexity index is 522. The second kappa shape index (κ2) is 5.18. The van der Waals surface area contributed by atoms with Gasteiger partial charge in [-0.2, -0.15) is 5.26 Å². The molecule has 0 saturated heterocycles. The summed E-state index contributed by atoms with van der Waals surface area (Å²) in [6, 6.07) is 3.62. The van der Waals surface area contributed by atoms with Gasteiger partial charge in [0.25, 0.3) is 0 Å². The van der Waals surface area contributed by atoms with Gasteiger partial charge in [-0.3, -0.25) is 4.79 Å². The maximum Gasteiger partial charge on any atom is 0.573 e. The molecule has 0 heterocycles. The van der Waals surface area contributed by atoms with Crippen LogP contribution in [0.15, 0.2) is 17.0 Å². The molecule has 0 atom stereocenters. The maximum atomic E-state index is 12.1. The van der Waals surface area contributed by atoms with Gasteiger partial charge in [0.15, 0.2) is 0 Å². The first-order valence-electron chi connectivity index (χ1n) is 4.46. The van der Waals surface area contributed by atoms with Crippen LogP contribution in [0.2, 0.25) is 0 Å². The second-order valence-corrected chi connectivity index (χ2v) is 3.66. The summed E-state index contributed by atoms with van der Waals surface area (Å²) >= 11 is 3.79. The average molecular weight is 277 g/mol. The summed E-state index contributed by atoms with van der Waals surface area (Å²) in [6.07, 6.45) is -5.49. The number of aliphatic carboxylic acids is 1. The van der Waals surface area contributed by atoms with Gasteiger partial charge >= 0.3 is 12.3 Å². The lowest BCUT2D eigenvalue weighted by molar-refractivity contribution is -0.275. The molecule has 0 bridgehead atoms. The highest BCUT2D eigenvalue weighted by atomic mass is 32.1. The molecule has 96 valence electrons. The van der Waals surface area contributed by atoms with E-state index in [1.54, 1.807) is 6.07 Å². The number of benzene rings is 1. The van der Waals surface area contributed by atoms with Crippen LogP contribution in [-0.2, 0) is 11.2 Å². The number of thiol groups is 1. The number of alkyl halides is 3. The van der Waals surface area contributed by atoms with Crippen molar-refractivity contribution in [2.45, 2.75) is 17.7 Å². The molecule has 1 N–H and O–H groups in total. The molecule has 18 heavy (non-hydrogen) atoms. The minimum atomic E-state index is -4.94. The number of nitriles is 1. The monoisotopic (exact) mass is 277 g/mol. The number of carboxylic acids is 1. The molecule has 0 saturated carbocycles. The van der Waals surface area contributed by atoms with Crippen LogP contribution in [0.3, 0.4) is 0 Å². The average Bonchev–Trinajstić information content (AvgIpc) is 2.21. The van der Waals surface area contributed by atoms with E-state index in [4.69, 9.17) is 10.4 Å². The number of ether oxygens (including phenoxy) is 1. The van der Waals surface area contributed by atoms with E-state index in [-0.39, 0.29) is 16.0 Å². The number of hydrogen-bond donors (Lipinski definition) is 2. The van der Waals surface area contributed by atoms with Gasteiger partial charge in [0.05, 0.1) is 22.9 Å². The van der Waals surface area contributed by atoms with Crippen LogP contribution >= 0.6 is 12.6 Å². The number of rotatable bonds is 3. The van der Waals surface area contributed by atoms with Gasteiger partial charge in [0, 0.05) is 0 Å². The molecule has 0 unspecified atom stereocenters. The van der Waals surface area contributed by atoms with Gasteiger partial charge in [-0.25, -0.2) is 0 Å². The van der Waals surface area contributed by atoms with Crippen LogP contribution in [0.25, 0.3) is 0 Å². The molecule has 1 rings (SSSR count). The lowest BCUT2D eigenvalue weighted by Gasteiger charge is -2.13. The minimum absolute atomic E-state index is 0.0240. The Morgan fingerprint density at radius 2 is 2.11 bits per heavy atom. The molecule has 0 radical (unpaired) electrons. The van der Waals surface area contributed by atoms with Gasteiger partial charge in [-0.1, -0.05) is 0 Å². The number of hydrogen-bond acceptors (Lipinski definition) is 4. The third-order valence-corrected chi connectivity index (χ3v) is 2.36. The quantitative estimate of drug-likeness (QED) is 0.832. The molecule has 0 aromatic heterocycles. The Kier molecular flexibility index (Phi) is 4.08. The number of carbonyl (C=O) groups is 1. The predicted molar refractivity (Wildman–Crippen MR) is 56.4 cm³/mol. The van der Waals surface area contributed by atoms with E-state index < -0.39 is 24.5 Å². The third-order valence-electron chi connectivity index (χ3n) is 1.85.